The van der Waals surface area contributed by atoms with Crippen LogP contribution in [-0.2, 0) is 4.74 Å². The van der Waals surface area contributed by atoms with Gasteiger partial charge >= 0.3 is 12.1 Å². The number of pyridine rings is 1. The lowest BCUT2D eigenvalue weighted by atomic mass is 10.3. The average molecular weight is 416 g/mol. The van der Waals surface area contributed by atoms with Crippen molar-refractivity contribution in [2.24, 2.45) is 0 Å². The van der Waals surface area contributed by atoms with Crippen LogP contribution in [0.25, 0.3) is 0 Å². The Kier molecular flexibility index (Phi) is 9.95. The van der Waals surface area contributed by atoms with E-state index in [-0.39, 0.29) is 23.3 Å². The number of halogens is 3. The number of nitrogens with zero attached hydrogens (tertiary/aromatic N) is 1. The van der Waals surface area contributed by atoms with Crippen molar-refractivity contribution in [3.05, 3.63) is 58.3 Å². The molecule has 0 saturated carbocycles. The fourth-order valence-corrected chi connectivity index (χ4v) is 1.90. The molecule has 1 amide bonds. The van der Waals surface area contributed by atoms with Gasteiger partial charge < -0.3 is 9.84 Å². The van der Waals surface area contributed by atoms with Crippen LogP contribution in [0.3, 0.4) is 0 Å². The molecule has 1 aromatic carbocycles. The Morgan fingerprint density at radius 1 is 1.15 bits per heavy atom. The monoisotopic (exact) mass is 414 g/mol. The largest absolute Gasteiger partial charge is 0.477 e. The summed E-state index contributed by atoms with van der Waals surface area (Å²) in [5.74, 6) is 4.29. The fraction of sp³-hybridized carbons (Fsp3) is 0.118. The maximum Gasteiger partial charge on any atom is 0.412 e. The topological polar surface area (TPSA) is 88.5 Å². The number of alkyl halides is 1. The first-order chi connectivity index (χ1) is 12.4. The first-order valence-corrected chi connectivity index (χ1v) is 8.28. The summed E-state index contributed by atoms with van der Waals surface area (Å²) < 4.78 is 4.76. The second-order valence-corrected chi connectivity index (χ2v) is 5.44. The molecule has 1 aromatic heterocycles. The van der Waals surface area contributed by atoms with E-state index in [0.29, 0.717) is 10.7 Å². The summed E-state index contributed by atoms with van der Waals surface area (Å²) in [5.41, 5.74) is 0.537. The molecule has 0 saturated heterocycles. The highest BCUT2D eigenvalue weighted by Crippen LogP contribution is 2.14. The minimum absolute atomic E-state index is 0.0130. The van der Waals surface area contributed by atoms with Crippen molar-refractivity contribution in [1.82, 2.24) is 4.98 Å². The highest BCUT2D eigenvalue weighted by atomic mass is 35.5. The van der Waals surface area contributed by atoms with Crippen LogP contribution in [-0.4, -0.2) is 34.6 Å². The molecule has 1 heterocycles. The van der Waals surface area contributed by atoms with Gasteiger partial charge in [-0.05, 0) is 30.3 Å². The molecule has 2 N–H and O–H groups in total. The number of aromatic carboxylic acids is 1. The highest BCUT2D eigenvalue weighted by molar-refractivity contribution is 6.31. The van der Waals surface area contributed by atoms with E-state index in [1.54, 1.807) is 30.3 Å². The Labute approximate surface area is 165 Å². The molecule has 0 fully saturated rings. The number of benzene rings is 1. The van der Waals surface area contributed by atoms with E-state index < -0.39 is 12.1 Å². The SMILES string of the molecule is O=C(Nc1cccc(Cl)c1)OCC#CCCl.O=C(O)c1cccc(Cl)n1. The molecule has 0 radical (unpaired) electrons. The zero-order chi connectivity index (χ0) is 19.4. The summed E-state index contributed by atoms with van der Waals surface area (Å²) in [6.07, 6.45) is -0.578. The van der Waals surface area contributed by atoms with Crippen LogP contribution in [0.4, 0.5) is 10.5 Å². The van der Waals surface area contributed by atoms with Gasteiger partial charge in [0.25, 0.3) is 0 Å². The summed E-state index contributed by atoms with van der Waals surface area (Å²) in [7, 11) is 0. The van der Waals surface area contributed by atoms with Gasteiger partial charge in [-0.1, -0.05) is 47.2 Å². The van der Waals surface area contributed by atoms with Crippen molar-refractivity contribution in [1.29, 1.82) is 0 Å². The maximum absolute atomic E-state index is 11.2. The van der Waals surface area contributed by atoms with Crippen molar-refractivity contribution in [2.45, 2.75) is 0 Å². The van der Waals surface area contributed by atoms with E-state index in [4.69, 9.17) is 44.6 Å². The molecule has 26 heavy (non-hydrogen) atoms. The lowest BCUT2D eigenvalue weighted by molar-refractivity contribution is 0.0690. The third-order valence-electron chi connectivity index (χ3n) is 2.47. The van der Waals surface area contributed by atoms with Crippen molar-refractivity contribution in [3.63, 3.8) is 0 Å². The second-order valence-electron chi connectivity index (χ2n) is 4.35. The molecule has 136 valence electrons. The third-order valence-corrected chi connectivity index (χ3v) is 3.05. The number of hydrogen-bond donors (Lipinski definition) is 2. The fourth-order valence-electron chi connectivity index (χ4n) is 1.45. The number of nitrogens with one attached hydrogen (secondary N) is 1. The van der Waals surface area contributed by atoms with Gasteiger partial charge in [0.05, 0.1) is 5.88 Å². The average Bonchev–Trinajstić information content (AvgIpc) is 2.59. The zero-order valence-electron chi connectivity index (χ0n) is 13.2. The predicted molar refractivity (Wildman–Crippen MR) is 101 cm³/mol. The van der Waals surface area contributed by atoms with Gasteiger partial charge in [-0.3, -0.25) is 5.32 Å². The molecule has 0 bridgehead atoms. The molecule has 0 unspecified atom stereocenters. The lowest BCUT2D eigenvalue weighted by Gasteiger charge is -2.04. The lowest BCUT2D eigenvalue weighted by Crippen LogP contribution is -2.13. The summed E-state index contributed by atoms with van der Waals surface area (Å²) in [6, 6.07) is 11.2. The van der Waals surface area contributed by atoms with Gasteiger partial charge in [-0.25, -0.2) is 14.6 Å². The number of carboxylic acid groups (broad SMARTS) is 1. The Morgan fingerprint density at radius 3 is 2.46 bits per heavy atom. The number of amides is 1. The summed E-state index contributed by atoms with van der Waals surface area (Å²) in [6.45, 7) is 0.0130. The van der Waals surface area contributed by atoms with Crippen molar-refractivity contribution in [2.75, 3.05) is 17.8 Å². The van der Waals surface area contributed by atoms with Gasteiger partial charge in [-0.2, -0.15) is 0 Å². The van der Waals surface area contributed by atoms with E-state index in [1.165, 1.54) is 12.1 Å². The van der Waals surface area contributed by atoms with Crippen LogP contribution in [0.1, 0.15) is 10.5 Å². The molecule has 6 nitrogen and oxygen atoms in total. The van der Waals surface area contributed by atoms with Gasteiger partial charge in [0.15, 0.2) is 6.61 Å². The first-order valence-electron chi connectivity index (χ1n) is 6.99. The van der Waals surface area contributed by atoms with Gasteiger partial charge in [0.1, 0.15) is 10.8 Å². The van der Waals surface area contributed by atoms with Crippen LogP contribution in [0.2, 0.25) is 10.2 Å². The standard InChI is InChI=1S/C11H9Cl2NO2.C6H4ClNO2/c12-6-1-2-7-16-11(15)14-10-5-3-4-9(13)8-10;7-5-3-1-2-4(8-5)6(9)10/h3-5,8H,6-7H2,(H,14,15);1-3H,(H,9,10). The van der Waals surface area contributed by atoms with E-state index in [1.807, 2.05) is 0 Å². The molecule has 2 rings (SSSR count). The number of aromatic nitrogens is 1. The minimum Gasteiger partial charge on any atom is -0.477 e. The van der Waals surface area contributed by atoms with Gasteiger partial charge in [0, 0.05) is 10.7 Å². The molecule has 9 heteroatoms. The van der Waals surface area contributed by atoms with Crippen molar-refractivity contribution >= 4 is 52.6 Å². The predicted octanol–water partition coefficient (Wildman–Crippen LogP) is 4.56. The van der Waals surface area contributed by atoms with Gasteiger partial charge in [0.2, 0.25) is 0 Å². The Morgan fingerprint density at radius 2 is 1.88 bits per heavy atom. The smallest absolute Gasteiger partial charge is 0.412 e. The van der Waals surface area contributed by atoms with E-state index >= 15 is 0 Å². The zero-order valence-corrected chi connectivity index (χ0v) is 15.5. The van der Waals surface area contributed by atoms with E-state index in [2.05, 4.69) is 22.1 Å². The Hall–Kier alpha value is -2.46. The normalized spacial score (nSPS) is 9.04. The molecular weight excluding hydrogens is 403 g/mol. The van der Waals surface area contributed by atoms with Crippen LogP contribution < -0.4 is 5.32 Å². The summed E-state index contributed by atoms with van der Waals surface area (Å²) >= 11 is 16.5. The Balaban J connectivity index is 0.000000289. The molecule has 0 aliphatic carbocycles. The van der Waals surface area contributed by atoms with E-state index in [0.717, 1.165) is 0 Å². The molecule has 0 atom stereocenters. The highest BCUT2D eigenvalue weighted by Gasteiger charge is 2.02. The summed E-state index contributed by atoms with van der Waals surface area (Å²) in [4.78, 5) is 25.0. The van der Waals surface area contributed by atoms with Crippen LogP contribution >= 0.6 is 34.8 Å². The number of carbonyl (C=O) groups excluding carboxylic acids is 1. The third kappa shape index (κ3) is 9.14. The van der Waals surface area contributed by atoms with E-state index in [9.17, 15) is 9.59 Å². The van der Waals surface area contributed by atoms with Crippen LogP contribution in [0.5, 0.6) is 0 Å². The molecule has 0 spiro atoms. The first kappa shape index (κ1) is 21.6. The quantitative estimate of drug-likeness (QED) is 0.436. The van der Waals surface area contributed by atoms with Crippen LogP contribution in [0, 0.1) is 11.8 Å². The number of anilines is 1. The second kappa shape index (κ2) is 12.0. The molecule has 0 aliphatic heterocycles. The number of hydrogen-bond acceptors (Lipinski definition) is 4. The number of rotatable bonds is 3. The van der Waals surface area contributed by atoms with Crippen LogP contribution in [0.15, 0.2) is 42.5 Å². The van der Waals surface area contributed by atoms with Crippen molar-refractivity contribution < 1.29 is 19.4 Å². The molecular formula is C17H13Cl3N2O4. The number of carboxylic acids is 1. The number of carbonyl (C=O) groups is 2. The Bertz CT molecular complexity index is 819. The summed E-state index contributed by atoms with van der Waals surface area (Å²) in [5, 5.41) is 11.6. The molecule has 2 aromatic rings. The number of ether oxygens (including phenoxy) is 1. The maximum atomic E-state index is 11.2. The van der Waals surface area contributed by atoms with Crippen molar-refractivity contribution in [3.8, 4) is 11.8 Å². The minimum atomic E-state index is -1.07. The molecule has 0 aliphatic rings. The van der Waals surface area contributed by atoms with Gasteiger partial charge in [-0.15, -0.1) is 11.6 Å².